The number of likely N-dealkylation sites (tertiary alicyclic amines) is 1. The first-order chi connectivity index (χ1) is 9.93. The van der Waals surface area contributed by atoms with Crippen molar-refractivity contribution in [2.75, 3.05) is 18.5 Å². The van der Waals surface area contributed by atoms with E-state index in [1.807, 2.05) is 6.92 Å². The first kappa shape index (κ1) is 15.8. The number of urea groups is 1. The average Bonchev–Trinajstić information content (AvgIpc) is 2.82. The van der Waals surface area contributed by atoms with Crippen LogP contribution in [-0.4, -0.2) is 46.3 Å². The number of nitrogens with one attached hydrogen (secondary N) is 1. The van der Waals surface area contributed by atoms with Gasteiger partial charge < -0.3 is 20.4 Å². The molecule has 114 valence electrons. The molecule has 0 spiro atoms. The number of aliphatic hydroxyl groups excluding tert-OH is 1. The van der Waals surface area contributed by atoms with Gasteiger partial charge in [0.05, 0.1) is 23.9 Å². The second kappa shape index (κ2) is 6.44. The molecule has 1 aliphatic heterocycles. The van der Waals surface area contributed by atoms with E-state index in [-0.39, 0.29) is 30.2 Å². The minimum absolute atomic E-state index is 0.0785. The van der Waals surface area contributed by atoms with E-state index in [9.17, 15) is 14.7 Å². The van der Waals surface area contributed by atoms with Gasteiger partial charge in [0.1, 0.15) is 0 Å². The number of benzene rings is 1. The number of carboxylic acid groups (broad SMARTS) is 1. The van der Waals surface area contributed by atoms with Crippen molar-refractivity contribution in [1.82, 2.24) is 4.90 Å². The standard InChI is InChI=1S/C14H17BrN2O4/c1-8-4-5-17(12(8)7-18)14(21)16-11-6-9(13(19)20)2-3-10(11)15/h2-3,6,8,12,18H,4-5,7H2,1H3,(H,16,21)(H,19,20). The molecular formula is C14H17BrN2O4. The number of aliphatic hydroxyl groups is 1. The molecule has 2 amide bonds. The molecule has 1 fully saturated rings. The number of hydrogen-bond donors (Lipinski definition) is 3. The van der Waals surface area contributed by atoms with Gasteiger partial charge in [-0.05, 0) is 46.5 Å². The third kappa shape index (κ3) is 3.36. The molecule has 2 rings (SSSR count). The molecule has 1 aromatic carbocycles. The Kier molecular flexibility index (Phi) is 4.84. The molecule has 0 saturated carbocycles. The Labute approximate surface area is 130 Å². The lowest BCUT2D eigenvalue weighted by molar-refractivity contribution is 0.0697. The van der Waals surface area contributed by atoms with Gasteiger partial charge in [-0.15, -0.1) is 0 Å². The molecule has 2 unspecified atom stereocenters. The number of carboxylic acids is 1. The fourth-order valence-electron chi connectivity index (χ4n) is 2.48. The zero-order chi connectivity index (χ0) is 15.6. The summed E-state index contributed by atoms with van der Waals surface area (Å²) in [5.74, 6) is -0.810. The summed E-state index contributed by atoms with van der Waals surface area (Å²) in [5.41, 5.74) is 0.498. The van der Waals surface area contributed by atoms with Crippen LogP contribution in [0.1, 0.15) is 23.7 Å². The van der Waals surface area contributed by atoms with Gasteiger partial charge in [-0.3, -0.25) is 0 Å². The van der Waals surface area contributed by atoms with E-state index in [0.29, 0.717) is 16.7 Å². The zero-order valence-electron chi connectivity index (χ0n) is 11.5. The highest BCUT2D eigenvalue weighted by molar-refractivity contribution is 9.10. The van der Waals surface area contributed by atoms with E-state index >= 15 is 0 Å². The lowest BCUT2D eigenvalue weighted by atomic mass is 10.0. The van der Waals surface area contributed by atoms with Crippen LogP contribution >= 0.6 is 15.9 Å². The second-order valence-corrected chi connectivity index (χ2v) is 5.99. The van der Waals surface area contributed by atoms with Gasteiger partial charge in [-0.2, -0.15) is 0 Å². The molecule has 0 bridgehead atoms. The van der Waals surface area contributed by atoms with Crippen molar-refractivity contribution < 1.29 is 19.8 Å². The smallest absolute Gasteiger partial charge is 0.335 e. The van der Waals surface area contributed by atoms with Crippen molar-refractivity contribution in [1.29, 1.82) is 0 Å². The van der Waals surface area contributed by atoms with Crippen molar-refractivity contribution in [3.05, 3.63) is 28.2 Å². The number of rotatable bonds is 3. The van der Waals surface area contributed by atoms with Gasteiger partial charge in [0, 0.05) is 11.0 Å². The van der Waals surface area contributed by atoms with Crippen molar-refractivity contribution in [3.63, 3.8) is 0 Å². The van der Waals surface area contributed by atoms with Gasteiger partial charge in [0.2, 0.25) is 0 Å². The Morgan fingerprint density at radius 3 is 2.81 bits per heavy atom. The van der Waals surface area contributed by atoms with Crippen LogP contribution in [-0.2, 0) is 0 Å². The highest BCUT2D eigenvalue weighted by Gasteiger charge is 2.34. The van der Waals surface area contributed by atoms with E-state index in [1.165, 1.54) is 12.1 Å². The summed E-state index contributed by atoms with van der Waals surface area (Å²) >= 11 is 3.29. The lowest BCUT2D eigenvalue weighted by Gasteiger charge is -2.25. The molecule has 0 aromatic heterocycles. The maximum absolute atomic E-state index is 12.3. The molecule has 1 aliphatic rings. The number of aromatic carboxylic acids is 1. The van der Waals surface area contributed by atoms with Crippen molar-refractivity contribution in [2.24, 2.45) is 5.92 Å². The first-order valence-corrected chi connectivity index (χ1v) is 7.44. The Balaban J connectivity index is 2.16. The van der Waals surface area contributed by atoms with Gasteiger partial charge in [0.15, 0.2) is 0 Å². The quantitative estimate of drug-likeness (QED) is 0.775. The molecule has 6 nitrogen and oxygen atoms in total. The molecule has 7 heteroatoms. The van der Waals surface area contributed by atoms with Crippen molar-refractivity contribution in [2.45, 2.75) is 19.4 Å². The fourth-order valence-corrected chi connectivity index (χ4v) is 2.83. The van der Waals surface area contributed by atoms with E-state index in [0.717, 1.165) is 6.42 Å². The number of amides is 2. The first-order valence-electron chi connectivity index (χ1n) is 6.65. The van der Waals surface area contributed by atoms with E-state index < -0.39 is 5.97 Å². The SMILES string of the molecule is CC1CCN(C(=O)Nc2cc(C(=O)O)ccc2Br)C1CO. The van der Waals surface area contributed by atoms with Crippen LogP contribution in [0.4, 0.5) is 10.5 Å². The zero-order valence-corrected chi connectivity index (χ0v) is 13.1. The summed E-state index contributed by atoms with van der Waals surface area (Å²) in [6, 6.07) is 3.90. The maximum Gasteiger partial charge on any atom is 0.335 e. The topological polar surface area (TPSA) is 89.9 Å². The van der Waals surface area contributed by atoms with Crippen LogP contribution in [0.5, 0.6) is 0 Å². The Bertz CT molecular complexity index is 564. The number of carbonyl (C=O) groups excluding carboxylic acids is 1. The van der Waals surface area contributed by atoms with Crippen LogP contribution in [0.3, 0.4) is 0 Å². The lowest BCUT2D eigenvalue weighted by Crippen LogP contribution is -2.42. The van der Waals surface area contributed by atoms with Crippen molar-refractivity contribution >= 4 is 33.6 Å². The van der Waals surface area contributed by atoms with Gasteiger partial charge in [-0.1, -0.05) is 6.92 Å². The summed E-state index contributed by atoms with van der Waals surface area (Å²) in [6.45, 7) is 2.49. The summed E-state index contributed by atoms with van der Waals surface area (Å²) < 4.78 is 0.605. The van der Waals surface area contributed by atoms with Gasteiger partial charge >= 0.3 is 12.0 Å². The largest absolute Gasteiger partial charge is 0.478 e. The fraction of sp³-hybridized carbons (Fsp3) is 0.429. The Hall–Kier alpha value is -1.60. The highest BCUT2D eigenvalue weighted by atomic mass is 79.9. The third-order valence-electron chi connectivity index (χ3n) is 3.79. The minimum Gasteiger partial charge on any atom is -0.478 e. The number of carbonyl (C=O) groups is 2. The molecule has 0 radical (unpaired) electrons. The van der Waals surface area contributed by atoms with E-state index in [1.54, 1.807) is 11.0 Å². The molecule has 1 aromatic rings. The summed E-state index contributed by atoms with van der Waals surface area (Å²) in [6.07, 6.45) is 0.842. The Morgan fingerprint density at radius 1 is 1.48 bits per heavy atom. The third-order valence-corrected chi connectivity index (χ3v) is 4.48. The molecule has 0 aliphatic carbocycles. The van der Waals surface area contributed by atoms with Crippen LogP contribution in [0.15, 0.2) is 22.7 Å². The summed E-state index contributed by atoms with van der Waals surface area (Å²) in [4.78, 5) is 24.9. The van der Waals surface area contributed by atoms with Gasteiger partial charge in [0.25, 0.3) is 0 Å². The van der Waals surface area contributed by atoms with Crippen LogP contribution in [0, 0.1) is 5.92 Å². The normalized spacial score (nSPS) is 21.4. The van der Waals surface area contributed by atoms with Gasteiger partial charge in [-0.25, -0.2) is 9.59 Å². The minimum atomic E-state index is -1.05. The molecular weight excluding hydrogens is 340 g/mol. The molecule has 1 heterocycles. The Morgan fingerprint density at radius 2 is 2.19 bits per heavy atom. The second-order valence-electron chi connectivity index (χ2n) is 5.14. The van der Waals surface area contributed by atoms with Crippen LogP contribution in [0.25, 0.3) is 0 Å². The predicted molar refractivity (Wildman–Crippen MR) is 81.5 cm³/mol. The van der Waals surface area contributed by atoms with Crippen LogP contribution in [0.2, 0.25) is 0 Å². The summed E-state index contributed by atoms with van der Waals surface area (Å²) in [7, 11) is 0. The summed E-state index contributed by atoms with van der Waals surface area (Å²) in [5, 5.41) is 21.1. The van der Waals surface area contributed by atoms with Crippen molar-refractivity contribution in [3.8, 4) is 0 Å². The molecule has 1 saturated heterocycles. The maximum atomic E-state index is 12.3. The number of halogens is 1. The molecule has 21 heavy (non-hydrogen) atoms. The molecule has 3 N–H and O–H groups in total. The monoisotopic (exact) mass is 356 g/mol. The predicted octanol–water partition coefficient (Wildman–Crippen LogP) is 2.38. The molecule has 2 atom stereocenters. The van der Waals surface area contributed by atoms with E-state index in [4.69, 9.17) is 5.11 Å². The number of nitrogens with zero attached hydrogens (tertiary/aromatic N) is 1. The van der Waals surface area contributed by atoms with Crippen LogP contribution < -0.4 is 5.32 Å². The highest BCUT2D eigenvalue weighted by Crippen LogP contribution is 2.27. The number of hydrogen-bond acceptors (Lipinski definition) is 3. The number of anilines is 1. The average molecular weight is 357 g/mol. The van der Waals surface area contributed by atoms with E-state index in [2.05, 4.69) is 21.2 Å².